The van der Waals surface area contributed by atoms with Gasteiger partial charge in [0.15, 0.2) is 5.13 Å². The molecule has 6 nitrogen and oxygen atoms in total. The maximum absolute atomic E-state index is 11.7. The minimum atomic E-state index is -3.16. The molecule has 1 aliphatic rings. The van der Waals surface area contributed by atoms with Crippen molar-refractivity contribution in [2.24, 2.45) is 5.92 Å². The SMILES string of the molecule is Cc1csc(NC(=O)C2CN(S(C)(=O)=O)C2)n1. The average Bonchev–Trinajstić information content (AvgIpc) is 2.45. The fourth-order valence-electron chi connectivity index (χ4n) is 1.49. The van der Waals surface area contributed by atoms with Crippen LogP contribution in [0.3, 0.4) is 0 Å². The van der Waals surface area contributed by atoms with Crippen molar-refractivity contribution in [1.82, 2.24) is 9.29 Å². The first kappa shape index (κ1) is 12.5. The number of nitrogens with zero attached hydrogens (tertiary/aromatic N) is 2. The zero-order chi connectivity index (χ0) is 12.6. The summed E-state index contributed by atoms with van der Waals surface area (Å²) in [4.78, 5) is 15.8. The van der Waals surface area contributed by atoms with Crippen LogP contribution in [0.25, 0.3) is 0 Å². The van der Waals surface area contributed by atoms with E-state index >= 15 is 0 Å². The summed E-state index contributed by atoms with van der Waals surface area (Å²) >= 11 is 1.36. The molecule has 94 valence electrons. The first-order valence-corrected chi connectivity index (χ1v) is 7.77. The topological polar surface area (TPSA) is 79.4 Å². The minimum Gasteiger partial charge on any atom is -0.302 e. The van der Waals surface area contributed by atoms with E-state index in [2.05, 4.69) is 10.3 Å². The molecule has 2 heterocycles. The highest BCUT2D eigenvalue weighted by Gasteiger charge is 2.37. The molecular weight excluding hydrogens is 262 g/mol. The smallest absolute Gasteiger partial charge is 0.231 e. The molecule has 8 heteroatoms. The molecule has 1 N–H and O–H groups in total. The molecule has 2 rings (SSSR count). The number of amides is 1. The lowest BCUT2D eigenvalue weighted by molar-refractivity contribution is -0.122. The van der Waals surface area contributed by atoms with Crippen molar-refractivity contribution in [3.8, 4) is 0 Å². The molecule has 1 aromatic rings. The van der Waals surface area contributed by atoms with Gasteiger partial charge < -0.3 is 5.32 Å². The number of hydrogen-bond acceptors (Lipinski definition) is 5. The Morgan fingerprint density at radius 1 is 1.59 bits per heavy atom. The Morgan fingerprint density at radius 2 is 2.24 bits per heavy atom. The van der Waals surface area contributed by atoms with Crippen molar-refractivity contribution in [3.05, 3.63) is 11.1 Å². The summed E-state index contributed by atoms with van der Waals surface area (Å²) in [6, 6.07) is 0. The molecular formula is C9H13N3O3S2. The number of sulfonamides is 1. The Kier molecular flexibility index (Phi) is 3.19. The van der Waals surface area contributed by atoms with Crippen LogP contribution in [0.5, 0.6) is 0 Å². The first-order chi connectivity index (χ1) is 7.86. The maximum Gasteiger partial charge on any atom is 0.231 e. The van der Waals surface area contributed by atoms with Crippen LogP contribution in [0, 0.1) is 12.8 Å². The fourth-order valence-corrected chi connectivity index (χ4v) is 3.09. The third-order valence-electron chi connectivity index (χ3n) is 2.54. The van der Waals surface area contributed by atoms with Gasteiger partial charge in [-0.25, -0.2) is 17.7 Å². The zero-order valence-electron chi connectivity index (χ0n) is 9.50. The van der Waals surface area contributed by atoms with Gasteiger partial charge in [0.2, 0.25) is 15.9 Å². The molecule has 1 aliphatic heterocycles. The van der Waals surface area contributed by atoms with E-state index < -0.39 is 10.0 Å². The van der Waals surface area contributed by atoms with Crippen molar-refractivity contribution in [2.75, 3.05) is 24.7 Å². The summed E-state index contributed by atoms with van der Waals surface area (Å²) in [5, 5.41) is 5.09. The van der Waals surface area contributed by atoms with Gasteiger partial charge in [0, 0.05) is 18.5 Å². The van der Waals surface area contributed by atoms with Gasteiger partial charge in [-0.2, -0.15) is 0 Å². The predicted molar refractivity (Wildman–Crippen MR) is 65.4 cm³/mol. The van der Waals surface area contributed by atoms with Gasteiger partial charge in [0.25, 0.3) is 0 Å². The second-order valence-corrected chi connectivity index (χ2v) is 6.90. The maximum atomic E-state index is 11.7. The normalized spacial score (nSPS) is 17.8. The van der Waals surface area contributed by atoms with E-state index in [1.807, 2.05) is 12.3 Å². The quantitative estimate of drug-likeness (QED) is 0.859. The lowest BCUT2D eigenvalue weighted by Crippen LogP contribution is -2.53. The molecule has 17 heavy (non-hydrogen) atoms. The van der Waals surface area contributed by atoms with E-state index in [1.54, 1.807) is 0 Å². The number of carbonyl (C=O) groups is 1. The average molecular weight is 275 g/mol. The van der Waals surface area contributed by atoms with Gasteiger partial charge in [-0.05, 0) is 6.92 Å². The van der Waals surface area contributed by atoms with Crippen LogP contribution in [0.2, 0.25) is 0 Å². The first-order valence-electron chi connectivity index (χ1n) is 5.04. The summed E-state index contributed by atoms with van der Waals surface area (Å²) in [5.41, 5.74) is 0.858. The van der Waals surface area contributed by atoms with Crippen molar-refractivity contribution >= 4 is 32.4 Å². The summed E-state index contributed by atoms with van der Waals surface area (Å²) < 4.78 is 23.5. The molecule has 0 aliphatic carbocycles. The number of thiazole rings is 1. The van der Waals surface area contributed by atoms with Gasteiger partial charge in [-0.15, -0.1) is 11.3 Å². The van der Waals surface area contributed by atoms with Gasteiger partial charge in [0.05, 0.1) is 17.9 Å². The number of anilines is 1. The van der Waals surface area contributed by atoms with Crippen LogP contribution in [0.4, 0.5) is 5.13 Å². The molecule has 0 aromatic carbocycles. The molecule has 0 radical (unpaired) electrons. The van der Waals surface area contributed by atoms with Gasteiger partial charge in [-0.3, -0.25) is 4.79 Å². The highest BCUT2D eigenvalue weighted by molar-refractivity contribution is 7.88. The predicted octanol–water partition coefficient (Wildman–Crippen LogP) is 0.281. The van der Waals surface area contributed by atoms with Crippen LogP contribution < -0.4 is 5.32 Å². The summed E-state index contributed by atoms with van der Waals surface area (Å²) in [5.74, 6) is -0.437. The Morgan fingerprint density at radius 3 is 2.71 bits per heavy atom. The van der Waals surface area contributed by atoms with E-state index in [0.717, 1.165) is 11.9 Å². The molecule has 1 fully saturated rings. The van der Waals surface area contributed by atoms with Gasteiger partial charge in [-0.1, -0.05) is 0 Å². The van der Waals surface area contributed by atoms with Crippen LogP contribution >= 0.6 is 11.3 Å². The molecule has 1 amide bonds. The van der Waals surface area contributed by atoms with Gasteiger partial charge >= 0.3 is 0 Å². The van der Waals surface area contributed by atoms with Crippen molar-refractivity contribution in [2.45, 2.75) is 6.92 Å². The summed E-state index contributed by atoms with van der Waals surface area (Å²) in [7, 11) is -3.16. The second-order valence-electron chi connectivity index (χ2n) is 4.06. The van der Waals surface area contributed by atoms with Crippen molar-refractivity contribution < 1.29 is 13.2 Å². The Bertz CT molecular complexity index is 531. The Balaban J connectivity index is 1.88. The monoisotopic (exact) mass is 275 g/mol. The highest BCUT2D eigenvalue weighted by Crippen LogP contribution is 2.21. The highest BCUT2D eigenvalue weighted by atomic mass is 32.2. The van der Waals surface area contributed by atoms with Crippen molar-refractivity contribution in [1.29, 1.82) is 0 Å². The second kappa shape index (κ2) is 4.35. The van der Waals surface area contributed by atoms with Crippen LogP contribution in [-0.2, 0) is 14.8 Å². The lowest BCUT2D eigenvalue weighted by Gasteiger charge is -2.35. The van der Waals surface area contributed by atoms with Crippen LogP contribution in [-0.4, -0.2) is 43.0 Å². The molecule has 0 unspecified atom stereocenters. The largest absolute Gasteiger partial charge is 0.302 e. The number of carbonyl (C=O) groups excluding carboxylic acids is 1. The summed E-state index contributed by atoms with van der Waals surface area (Å²) in [6.45, 7) is 2.37. The number of aromatic nitrogens is 1. The molecule has 0 bridgehead atoms. The van der Waals surface area contributed by atoms with Gasteiger partial charge in [0.1, 0.15) is 0 Å². The zero-order valence-corrected chi connectivity index (χ0v) is 11.1. The van der Waals surface area contributed by atoms with E-state index in [1.165, 1.54) is 15.6 Å². The molecule has 0 saturated carbocycles. The number of nitrogens with one attached hydrogen (secondary N) is 1. The molecule has 1 saturated heterocycles. The third kappa shape index (κ3) is 2.82. The Hall–Kier alpha value is -0.990. The lowest BCUT2D eigenvalue weighted by atomic mass is 10.0. The molecule has 0 atom stereocenters. The fraction of sp³-hybridized carbons (Fsp3) is 0.556. The van der Waals surface area contributed by atoms with E-state index in [-0.39, 0.29) is 24.9 Å². The van der Waals surface area contributed by atoms with Crippen LogP contribution in [0.15, 0.2) is 5.38 Å². The molecule has 1 aromatic heterocycles. The van der Waals surface area contributed by atoms with E-state index in [4.69, 9.17) is 0 Å². The van der Waals surface area contributed by atoms with Crippen molar-refractivity contribution in [3.63, 3.8) is 0 Å². The number of rotatable bonds is 3. The minimum absolute atomic E-state index is 0.167. The standard InChI is InChI=1S/C9H13N3O3S2/c1-6-5-16-9(10-6)11-8(13)7-3-12(4-7)17(2,14)15/h5,7H,3-4H2,1-2H3,(H,10,11,13). The number of aryl methyl sites for hydroxylation is 1. The Labute approximate surface area is 104 Å². The number of hydrogen-bond donors (Lipinski definition) is 1. The van der Waals surface area contributed by atoms with E-state index in [9.17, 15) is 13.2 Å². The summed E-state index contributed by atoms with van der Waals surface area (Å²) in [6.07, 6.45) is 1.14. The molecule has 0 spiro atoms. The van der Waals surface area contributed by atoms with E-state index in [0.29, 0.717) is 5.13 Å². The third-order valence-corrected chi connectivity index (χ3v) is 4.65. The van der Waals surface area contributed by atoms with Crippen LogP contribution in [0.1, 0.15) is 5.69 Å².